The number of aromatic nitrogens is 1. The molecule has 0 aliphatic heterocycles. The van der Waals surface area contributed by atoms with Crippen LogP contribution in [0.5, 0.6) is 0 Å². The molecule has 3 nitrogen and oxygen atoms in total. The lowest BCUT2D eigenvalue weighted by atomic mass is 10.0. The van der Waals surface area contributed by atoms with Crippen LogP contribution in [0.1, 0.15) is 23.3 Å². The average molecular weight is 298 g/mol. The molecule has 108 valence electrons. The van der Waals surface area contributed by atoms with Gasteiger partial charge in [0, 0.05) is 6.04 Å². The minimum atomic E-state index is 0.00566. The second-order valence-corrected chi connectivity index (χ2v) is 6.29. The van der Waals surface area contributed by atoms with Crippen LogP contribution in [0.3, 0.4) is 0 Å². The molecule has 0 spiro atoms. The van der Waals surface area contributed by atoms with Crippen molar-refractivity contribution in [2.45, 2.75) is 30.4 Å². The highest BCUT2D eigenvalue weighted by atomic mass is 32.2. The highest BCUT2D eigenvalue weighted by molar-refractivity contribution is 7.99. The summed E-state index contributed by atoms with van der Waals surface area (Å²) >= 11 is 1.59. The fraction of sp³-hybridized carbons (Fsp3) is 0.235. The summed E-state index contributed by atoms with van der Waals surface area (Å²) < 4.78 is 5.81. The van der Waals surface area contributed by atoms with Crippen molar-refractivity contribution in [3.05, 3.63) is 59.7 Å². The van der Waals surface area contributed by atoms with Gasteiger partial charge in [-0.2, -0.15) is 0 Å². The van der Waals surface area contributed by atoms with Crippen LogP contribution in [0, 0.1) is 6.92 Å². The van der Waals surface area contributed by atoms with Crippen molar-refractivity contribution in [1.82, 2.24) is 4.98 Å². The summed E-state index contributed by atoms with van der Waals surface area (Å²) in [5.74, 6) is 0. The number of thioether (sulfide) groups is 1. The van der Waals surface area contributed by atoms with Gasteiger partial charge < -0.3 is 10.2 Å². The quantitative estimate of drug-likeness (QED) is 0.729. The van der Waals surface area contributed by atoms with Gasteiger partial charge in [-0.25, -0.2) is 4.98 Å². The van der Waals surface area contributed by atoms with Gasteiger partial charge in [-0.1, -0.05) is 48.2 Å². The first kappa shape index (κ1) is 14.2. The van der Waals surface area contributed by atoms with Crippen molar-refractivity contribution in [2.75, 3.05) is 0 Å². The molecule has 2 atom stereocenters. The number of rotatable bonds is 4. The molecule has 0 aliphatic carbocycles. The number of para-hydroxylation sites is 2. The predicted molar refractivity (Wildman–Crippen MR) is 87.4 cm³/mol. The Hall–Kier alpha value is -1.78. The number of benzene rings is 2. The third kappa shape index (κ3) is 2.96. The van der Waals surface area contributed by atoms with Crippen LogP contribution in [0.4, 0.5) is 0 Å². The van der Waals surface area contributed by atoms with Gasteiger partial charge in [0.1, 0.15) is 5.52 Å². The molecule has 0 saturated heterocycles. The first-order valence-corrected chi connectivity index (χ1v) is 7.86. The fourth-order valence-corrected chi connectivity index (χ4v) is 3.48. The zero-order valence-corrected chi connectivity index (χ0v) is 12.9. The molecule has 2 aromatic carbocycles. The second kappa shape index (κ2) is 5.92. The highest BCUT2D eigenvalue weighted by Gasteiger charge is 2.22. The molecule has 4 heteroatoms. The Morgan fingerprint density at radius 1 is 1.10 bits per heavy atom. The average Bonchev–Trinajstić information content (AvgIpc) is 2.88. The molecule has 21 heavy (non-hydrogen) atoms. The lowest BCUT2D eigenvalue weighted by Gasteiger charge is -2.20. The minimum Gasteiger partial charge on any atom is -0.431 e. The molecule has 0 aliphatic rings. The van der Waals surface area contributed by atoms with Crippen molar-refractivity contribution in [2.24, 2.45) is 5.73 Å². The topological polar surface area (TPSA) is 52.0 Å². The summed E-state index contributed by atoms with van der Waals surface area (Å²) in [5.41, 5.74) is 10.4. The molecular weight excluding hydrogens is 280 g/mol. The normalized spacial score (nSPS) is 14.2. The highest BCUT2D eigenvalue weighted by Crippen LogP contribution is 2.39. The molecule has 2 N–H and O–H groups in total. The molecule has 0 bridgehead atoms. The van der Waals surface area contributed by atoms with Crippen molar-refractivity contribution >= 4 is 22.9 Å². The zero-order chi connectivity index (χ0) is 14.8. The first-order chi connectivity index (χ1) is 10.1. The number of nitrogens with zero attached hydrogens (tertiary/aromatic N) is 1. The van der Waals surface area contributed by atoms with E-state index in [0.717, 1.165) is 11.1 Å². The van der Waals surface area contributed by atoms with E-state index < -0.39 is 0 Å². The van der Waals surface area contributed by atoms with Crippen LogP contribution in [0.15, 0.2) is 58.2 Å². The van der Waals surface area contributed by atoms with Crippen LogP contribution in [-0.4, -0.2) is 11.0 Å². The largest absolute Gasteiger partial charge is 0.431 e. The summed E-state index contributed by atoms with van der Waals surface area (Å²) in [6, 6.07) is 16.1. The molecule has 1 heterocycles. The molecule has 0 radical (unpaired) electrons. The van der Waals surface area contributed by atoms with Crippen LogP contribution in [0.2, 0.25) is 0 Å². The number of nitrogens with two attached hydrogens (primary N) is 1. The second-order valence-electron chi connectivity index (χ2n) is 5.20. The van der Waals surface area contributed by atoms with E-state index in [1.807, 2.05) is 43.3 Å². The van der Waals surface area contributed by atoms with E-state index in [-0.39, 0.29) is 11.3 Å². The van der Waals surface area contributed by atoms with Gasteiger partial charge >= 0.3 is 0 Å². The third-order valence-corrected chi connectivity index (χ3v) is 4.79. The zero-order valence-electron chi connectivity index (χ0n) is 12.1. The van der Waals surface area contributed by atoms with Gasteiger partial charge in [0.25, 0.3) is 5.22 Å². The van der Waals surface area contributed by atoms with Crippen LogP contribution < -0.4 is 5.73 Å². The maximum absolute atomic E-state index is 6.19. The summed E-state index contributed by atoms with van der Waals surface area (Å²) in [7, 11) is 0. The third-order valence-electron chi connectivity index (χ3n) is 3.47. The Bertz CT molecular complexity index is 718. The summed E-state index contributed by atoms with van der Waals surface area (Å²) in [4.78, 5) is 4.53. The van der Waals surface area contributed by atoms with Gasteiger partial charge in [-0.3, -0.25) is 0 Å². The standard InChI is InChI=1S/C17H18N2OS/c1-11-7-3-4-8-13(11)16(12(2)18)21-17-19-14-9-5-6-10-15(14)20-17/h3-10,12,16H,18H2,1-2H3. The first-order valence-electron chi connectivity index (χ1n) is 6.98. The molecule has 0 fully saturated rings. The van der Waals surface area contributed by atoms with E-state index >= 15 is 0 Å². The summed E-state index contributed by atoms with van der Waals surface area (Å²) in [6.45, 7) is 4.13. The van der Waals surface area contributed by atoms with Gasteiger partial charge in [-0.15, -0.1) is 0 Å². The number of fused-ring (bicyclic) bond motifs is 1. The molecule has 3 aromatic rings. The number of oxazole rings is 1. The van der Waals surface area contributed by atoms with E-state index in [4.69, 9.17) is 10.2 Å². The van der Waals surface area contributed by atoms with Crippen LogP contribution >= 0.6 is 11.8 Å². The van der Waals surface area contributed by atoms with Crippen molar-refractivity contribution in [1.29, 1.82) is 0 Å². The van der Waals surface area contributed by atoms with Crippen LogP contribution in [0.25, 0.3) is 11.1 Å². The monoisotopic (exact) mass is 298 g/mol. The van der Waals surface area contributed by atoms with Crippen molar-refractivity contribution in [3.63, 3.8) is 0 Å². The van der Waals surface area contributed by atoms with E-state index in [1.54, 1.807) is 11.8 Å². The Morgan fingerprint density at radius 3 is 2.52 bits per heavy atom. The van der Waals surface area contributed by atoms with Crippen molar-refractivity contribution < 1.29 is 4.42 Å². The van der Waals surface area contributed by atoms with Gasteiger partial charge in [-0.05, 0) is 37.1 Å². The van der Waals surface area contributed by atoms with Gasteiger partial charge in [0.05, 0.1) is 5.25 Å². The minimum absolute atomic E-state index is 0.00566. The SMILES string of the molecule is Cc1ccccc1C(Sc1nc2ccccc2o1)C(C)N. The lowest BCUT2D eigenvalue weighted by molar-refractivity contribution is 0.487. The van der Waals surface area contributed by atoms with E-state index in [9.17, 15) is 0 Å². The lowest BCUT2D eigenvalue weighted by Crippen LogP contribution is -2.23. The van der Waals surface area contributed by atoms with Crippen molar-refractivity contribution in [3.8, 4) is 0 Å². The maximum atomic E-state index is 6.19. The van der Waals surface area contributed by atoms with E-state index in [0.29, 0.717) is 5.22 Å². The van der Waals surface area contributed by atoms with Gasteiger partial charge in [0.2, 0.25) is 0 Å². The number of aryl methyl sites for hydroxylation is 1. The van der Waals surface area contributed by atoms with Gasteiger partial charge in [0.15, 0.2) is 5.58 Å². The molecular formula is C17H18N2OS. The Morgan fingerprint density at radius 2 is 1.81 bits per heavy atom. The predicted octanol–water partition coefficient (Wildman–Crippen LogP) is 4.32. The Labute approximate surface area is 128 Å². The summed E-state index contributed by atoms with van der Waals surface area (Å²) in [6.07, 6.45) is 0. The Balaban J connectivity index is 1.94. The Kier molecular flexibility index (Phi) is 3.99. The van der Waals surface area contributed by atoms with E-state index in [1.165, 1.54) is 11.1 Å². The number of hydrogen-bond acceptors (Lipinski definition) is 4. The van der Waals surface area contributed by atoms with Crippen LogP contribution in [-0.2, 0) is 0 Å². The molecule has 3 rings (SSSR count). The molecule has 0 saturated carbocycles. The van der Waals surface area contributed by atoms with E-state index in [2.05, 4.69) is 24.0 Å². The fourth-order valence-electron chi connectivity index (χ4n) is 2.37. The molecule has 0 amide bonds. The maximum Gasteiger partial charge on any atom is 0.257 e. The molecule has 2 unspecified atom stereocenters. The smallest absolute Gasteiger partial charge is 0.257 e. The number of hydrogen-bond donors (Lipinski definition) is 1. The summed E-state index contributed by atoms with van der Waals surface area (Å²) in [5, 5.41) is 0.793. The molecule has 1 aromatic heterocycles.